The number of rotatable bonds is 7. The van der Waals surface area contributed by atoms with E-state index >= 15 is 0 Å². The third-order valence-electron chi connectivity index (χ3n) is 7.07. The van der Waals surface area contributed by atoms with Crippen LogP contribution in [0.2, 0.25) is 10.0 Å². The molecule has 1 aromatic heterocycles. The molecule has 1 amide bonds. The Kier molecular flexibility index (Phi) is 7.19. The van der Waals surface area contributed by atoms with Crippen LogP contribution in [-0.2, 0) is 11.2 Å². The second-order valence-corrected chi connectivity index (χ2v) is 10.8. The summed E-state index contributed by atoms with van der Waals surface area (Å²) in [6.07, 6.45) is -0.118. The van der Waals surface area contributed by atoms with Crippen molar-refractivity contribution in [3.05, 3.63) is 105 Å². The van der Waals surface area contributed by atoms with Gasteiger partial charge in [-0.15, -0.1) is 0 Å². The Balaban J connectivity index is 1.78. The zero-order valence-corrected chi connectivity index (χ0v) is 23.5. The van der Waals surface area contributed by atoms with Crippen molar-refractivity contribution in [3.8, 4) is 17.0 Å². The van der Waals surface area contributed by atoms with Gasteiger partial charge >= 0.3 is 5.97 Å². The summed E-state index contributed by atoms with van der Waals surface area (Å²) in [5, 5.41) is 10.5. The number of hydrogen-bond acceptors (Lipinski definition) is 3. The molecule has 5 rings (SSSR count). The first-order valence-corrected chi connectivity index (χ1v) is 13.4. The number of hydrogen-bond donors (Lipinski definition) is 1. The number of aliphatic carboxylic acids is 1. The minimum Gasteiger partial charge on any atom is -0.496 e. The van der Waals surface area contributed by atoms with Crippen LogP contribution in [0.15, 0.2) is 66.7 Å². The van der Waals surface area contributed by atoms with E-state index in [-0.39, 0.29) is 18.4 Å². The average Bonchev–Trinajstić information content (AvgIpc) is 3.41. The number of carbonyl (C=O) groups is 2. The van der Waals surface area contributed by atoms with Gasteiger partial charge in [0.25, 0.3) is 5.91 Å². The summed E-state index contributed by atoms with van der Waals surface area (Å²) in [4.78, 5) is 27.5. The van der Waals surface area contributed by atoms with E-state index in [1.807, 2.05) is 61.5 Å². The summed E-state index contributed by atoms with van der Waals surface area (Å²) in [5.41, 5.74) is 6.15. The standard InChI is InChI=1S/C31H28Cl2N2O4/c1-17(2)34-26(23-13-19(14-28(36)37)6-12-27(23)39-4)16-24-30(34)29(20-7-10-21(32)11-8-20)35(31(24)38)25-15-22(33)9-5-18(25)3/h5-13,15-17,29H,14H2,1-4H3,(H,36,37)/t29-/m1/s1. The van der Waals surface area contributed by atoms with Crippen molar-refractivity contribution in [3.63, 3.8) is 0 Å². The van der Waals surface area contributed by atoms with E-state index in [0.717, 1.165) is 33.8 Å². The van der Waals surface area contributed by atoms with Crippen molar-refractivity contribution in [1.29, 1.82) is 0 Å². The predicted octanol–water partition coefficient (Wildman–Crippen LogP) is 7.74. The summed E-state index contributed by atoms with van der Waals surface area (Å²) in [6, 6.07) is 19.8. The van der Waals surface area contributed by atoms with Crippen LogP contribution in [-0.4, -0.2) is 28.7 Å². The van der Waals surface area contributed by atoms with Crippen LogP contribution in [0.25, 0.3) is 11.3 Å². The summed E-state index contributed by atoms with van der Waals surface area (Å²) in [6.45, 7) is 6.09. The SMILES string of the molecule is COc1ccc(CC(=O)O)cc1-c1cc2c(n1C(C)C)[C@@H](c1ccc(Cl)cc1)N(c1cc(Cl)ccc1C)C2=O. The molecule has 0 saturated carbocycles. The number of ether oxygens (including phenoxy) is 1. The first-order chi connectivity index (χ1) is 18.6. The smallest absolute Gasteiger partial charge is 0.307 e. The van der Waals surface area contributed by atoms with Crippen LogP contribution in [0, 0.1) is 6.92 Å². The van der Waals surface area contributed by atoms with Crippen LogP contribution in [0.3, 0.4) is 0 Å². The zero-order valence-electron chi connectivity index (χ0n) is 22.0. The lowest BCUT2D eigenvalue weighted by Gasteiger charge is -2.30. The molecule has 0 unspecified atom stereocenters. The van der Waals surface area contributed by atoms with Gasteiger partial charge in [-0.3, -0.25) is 14.5 Å². The molecule has 1 aliphatic rings. The average molecular weight is 563 g/mol. The Morgan fingerprint density at radius 2 is 1.67 bits per heavy atom. The maximum atomic E-state index is 14.2. The summed E-state index contributed by atoms with van der Waals surface area (Å²) >= 11 is 12.6. The van der Waals surface area contributed by atoms with Crippen molar-refractivity contribution < 1.29 is 19.4 Å². The highest BCUT2D eigenvalue weighted by Crippen LogP contribution is 2.48. The van der Waals surface area contributed by atoms with E-state index in [9.17, 15) is 14.7 Å². The number of aromatic nitrogens is 1. The van der Waals surface area contributed by atoms with Crippen LogP contribution in [0.4, 0.5) is 5.69 Å². The number of halogens is 2. The minimum absolute atomic E-state index is 0.0282. The van der Waals surface area contributed by atoms with E-state index in [2.05, 4.69) is 18.4 Å². The fourth-order valence-corrected chi connectivity index (χ4v) is 5.70. The van der Waals surface area contributed by atoms with Gasteiger partial charge in [-0.25, -0.2) is 0 Å². The zero-order chi connectivity index (χ0) is 28.0. The number of fused-ring (bicyclic) bond motifs is 1. The lowest BCUT2D eigenvalue weighted by atomic mass is 10.0. The summed E-state index contributed by atoms with van der Waals surface area (Å²) < 4.78 is 7.83. The third kappa shape index (κ3) is 4.79. The van der Waals surface area contributed by atoms with Gasteiger partial charge in [0.15, 0.2) is 0 Å². The molecule has 0 spiro atoms. The molecule has 1 atom stereocenters. The molecule has 0 bridgehead atoms. The van der Waals surface area contributed by atoms with Gasteiger partial charge in [0, 0.05) is 27.3 Å². The van der Waals surface area contributed by atoms with Gasteiger partial charge in [-0.2, -0.15) is 0 Å². The first-order valence-electron chi connectivity index (χ1n) is 12.6. The topological polar surface area (TPSA) is 71.8 Å². The minimum atomic E-state index is -0.918. The molecule has 0 fully saturated rings. The quantitative estimate of drug-likeness (QED) is 0.250. The van der Waals surface area contributed by atoms with Crippen molar-refractivity contribution in [2.24, 2.45) is 0 Å². The lowest BCUT2D eigenvalue weighted by molar-refractivity contribution is -0.136. The fourth-order valence-electron chi connectivity index (χ4n) is 5.41. The summed E-state index contributed by atoms with van der Waals surface area (Å²) in [7, 11) is 1.58. The molecule has 3 aromatic carbocycles. The molecular weight excluding hydrogens is 535 g/mol. The molecule has 0 aliphatic carbocycles. The van der Waals surface area contributed by atoms with Crippen molar-refractivity contribution >= 4 is 40.8 Å². The summed E-state index contributed by atoms with van der Waals surface area (Å²) in [5.74, 6) is -0.463. The van der Waals surface area contributed by atoms with E-state index < -0.39 is 12.0 Å². The van der Waals surface area contributed by atoms with Crippen LogP contribution >= 0.6 is 23.2 Å². The van der Waals surface area contributed by atoms with Gasteiger partial charge in [-0.05, 0) is 79.9 Å². The van der Waals surface area contributed by atoms with Gasteiger partial charge in [0.05, 0.1) is 30.5 Å². The van der Waals surface area contributed by atoms with E-state index in [4.69, 9.17) is 27.9 Å². The fraction of sp³-hybridized carbons (Fsp3) is 0.226. The van der Waals surface area contributed by atoms with Gasteiger partial charge in [0.1, 0.15) is 11.8 Å². The van der Waals surface area contributed by atoms with E-state index in [0.29, 0.717) is 26.9 Å². The molecule has 0 saturated heterocycles. The highest BCUT2D eigenvalue weighted by Gasteiger charge is 2.44. The normalized spacial score (nSPS) is 14.7. The molecule has 0 radical (unpaired) electrons. The number of benzene rings is 3. The van der Waals surface area contributed by atoms with Gasteiger partial charge in [-0.1, -0.05) is 47.5 Å². The molecule has 6 nitrogen and oxygen atoms in total. The predicted molar refractivity (Wildman–Crippen MR) is 154 cm³/mol. The highest BCUT2D eigenvalue weighted by molar-refractivity contribution is 6.31. The van der Waals surface area contributed by atoms with Crippen LogP contribution in [0.5, 0.6) is 5.75 Å². The van der Waals surface area contributed by atoms with Gasteiger partial charge < -0.3 is 14.4 Å². The van der Waals surface area contributed by atoms with E-state index in [1.165, 1.54) is 0 Å². The maximum absolute atomic E-state index is 14.2. The molecule has 200 valence electrons. The second kappa shape index (κ2) is 10.4. The number of aryl methyl sites for hydroxylation is 1. The molecular formula is C31H28Cl2N2O4. The number of carbonyl (C=O) groups excluding carboxylic acids is 1. The maximum Gasteiger partial charge on any atom is 0.307 e. The van der Waals surface area contributed by atoms with Gasteiger partial charge in [0.2, 0.25) is 0 Å². The second-order valence-electron chi connectivity index (χ2n) is 9.96. The number of carboxylic acids is 1. The molecule has 1 N–H and O–H groups in total. The molecule has 4 aromatic rings. The lowest BCUT2D eigenvalue weighted by Crippen LogP contribution is -2.30. The molecule has 1 aliphatic heterocycles. The third-order valence-corrected chi connectivity index (χ3v) is 7.56. The van der Waals surface area contributed by atoms with Crippen molar-refractivity contribution in [2.45, 2.75) is 39.3 Å². The molecule has 8 heteroatoms. The Morgan fingerprint density at radius 1 is 0.974 bits per heavy atom. The van der Waals surface area contributed by atoms with Crippen LogP contribution < -0.4 is 9.64 Å². The molecule has 39 heavy (non-hydrogen) atoms. The number of anilines is 1. The van der Waals surface area contributed by atoms with Crippen molar-refractivity contribution in [2.75, 3.05) is 12.0 Å². The van der Waals surface area contributed by atoms with E-state index in [1.54, 1.807) is 24.1 Å². The Labute approximate surface area is 237 Å². The number of amides is 1. The number of nitrogens with zero attached hydrogens (tertiary/aromatic N) is 2. The van der Waals surface area contributed by atoms with Crippen molar-refractivity contribution in [1.82, 2.24) is 4.57 Å². The Bertz CT molecular complexity index is 1590. The number of methoxy groups -OCH3 is 1. The Morgan fingerprint density at radius 3 is 2.31 bits per heavy atom. The Hall–Kier alpha value is -3.74. The first kappa shape index (κ1) is 26.9. The highest BCUT2D eigenvalue weighted by atomic mass is 35.5. The number of carboxylic acid groups (broad SMARTS) is 1. The largest absolute Gasteiger partial charge is 0.496 e. The monoisotopic (exact) mass is 562 g/mol. The molecule has 2 heterocycles. The van der Waals surface area contributed by atoms with Crippen LogP contribution in [0.1, 0.15) is 58.7 Å².